The Morgan fingerprint density at radius 1 is 1.00 bits per heavy atom. The van der Waals surface area contributed by atoms with E-state index in [-0.39, 0.29) is 11.8 Å². The minimum atomic E-state index is -0.0323. The first-order chi connectivity index (χ1) is 14.2. The highest BCUT2D eigenvalue weighted by atomic mass is 32.1. The summed E-state index contributed by atoms with van der Waals surface area (Å²) in [5, 5.41) is 3.27. The molecule has 29 heavy (non-hydrogen) atoms. The van der Waals surface area contributed by atoms with Gasteiger partial charge in [-0.3, -0.25) is 9.69 Å². The second kappa shape index (κ2) is 9.33. The molecule has 2 aromatic carbocycles. The van der Waals surface area contributed by atoms with E-state index in [0.717, 1.165) is 61.0 Å². The number of carbonyl (C=O) groups is 1. The van der Waals surface area contributed by atoms with Gasteiger partial charge in [-0.2, -0.15) is 0 Å². The van der Waals surface area contributed by atoms with Crippen LogP contribution in [0.2, 0.25) is 0 Å². The lowest BCUT2D eigenvalue weighted by Gasteiger charge is -2.36. The zero-order chi connectivity index (χ0) is 20.1. The highest BCUT2D eigenvalue weighted by molar-refractivity contribution is 7.09. The number of aromatic nitrogens is 1. The third-order valence-electron chi connectivity index (χ3n) is 5.57. The van der Waals surface area contributed by atoms with Gasteiger partial charge in [-0.05, 0) is 12.0 Å². The first-order valence-electron chi connectivity index (χ1n) is 10.3. The van der Waals surface area contributed by atoms with Crippen LogP contribution in [0.3, 0.4) is 0 Å². The summed E-state index contributed by atoms with van der Waals surface area (Å²) in [6, 6.07) is 20.5. The first-order valence-corrected chi connectivity index (χ1v) is 11.2. The number of amides is 1. The molecule has 0 N–H and O–H groups in total. The number of nitrogens with zero attached hydrogens (tertiary/aromatic N) is 3. The van der Waals surface area contributed by atoms with Gasteiger partial charge in [-0.1, -0.05) is 67.6 Å². The summed E-state index contributed by atoms with van der Waals surface area (Å²) < 4.78 is 0. The first kappa shape index (κ1) is 19.8. The van der Waals surface area contributed by atoms with Gasteiger partial charge in [0.2, 0.25) is 5.91 Å². The fraction of sp³-hybridized carbons (Fsp3) is 0.333. The van der Waals surface area contributed by atoms with E-state index in [0.29, 0.717) is 0 Å². The maximum Gasteiger partial charge on any atom is 0.230 e. The minimum absolute atomic E-state index is 0.0323. The van der Waals surface area contributed by atoms with E-state index in [4.69, 9.17) is 4.98 Å². The van der Waals surface area contributed by atoms with Crippen molar-refractivity contribution in [2.75, 3.05) is 26.2 Å². The molecule has 0 aliphatic carbocycles. The summed E-state index contributed by atoms with van der Waals surface area (Å²) in [4.78, 5) is 22.3. The molecule has 3 aromatic rings. The smallest absolute Gasteiger partial charge is 0.230 e. The summed E-state index contributed by atoms with van der Waals surface area (Å²) in [6.45, 7) is 6.33. The molecule has 0 unspecified atom stereocenters. The van der Waals surface area contributed by atoms with Crippen LogP contribution < -0.4 is 0 Å². The van der Waals surface area contributed by atoms with E-state index in [9.17, 15) is 4.79 Å². The van der Waals surface area contributed by atoms with Crippen molar-refractivity contribution in [2.45, 2.75) is 25.8 Å². The SMILES string of the molecule is CC[C@@H](C(=O)N1CCN(Cc2nc(-c3ccccc3)cs2)CC1)c1ccccc1. The number of rotatable bonds is 6. The maximum atomic E-state index is 13.1. The lowest BCUT2D eigenvalue weighted by atomic mass is 9.95. The Bertz CT molecular complexity index is 918. The predicted octanol–water partition coefficient (Wildman–Crippen LogP) is 4.65. The molecule has 1 aliphatic rings. The number of thiazole rings is 1. The fourth-order valence-electron chi connectivity index (χ4n) is 3.90. The highest BCUT2D eigenvalue weighted by Gasteiger charge is 2.27. The van der Waals surface area contributed by atoms with Crippen molar-refractivity contribution in [3.05, 3.63) is 76.6 Å². The number of piperazine rings is 1. The molecule has 2 heterocycles. The zero-order valence-corrected chi connectivity index (χ0v) is 17.6. The fourth-order valence-corrected chi connectivity index (χ4v) is 4.75. The van der Waals surface area contributed by atoms with Crippen molar-refractivity contribution in [2.24, 2.45) is 0 Å². The van der Waals surface area contributed by atoms with Crippen molar-refractivity contribution in [3.63, 3.8) is 0 Å². The summed E-state index contributed by atoms with van der Waals surface area (Å²) in [5.74, 6) is 0.231. The molecule has 1 amide bonds. The van der Waals surface area contributed by atoms with Gasteiger partial charge < -0.3 is 4.90 Å². The second-order valence-electron chi connectivity index (χ2n) is 7.47. The molecule has 1 atom stereocenters. The van der Waals surface area contributed by atoms with Gasteiger partial charge in [0.15, 0.2) is 0 Å². The van der Waals surface area contributed by atoms with Crippen molar-refractivity contribution in [3.8, 4) is 11.3 Å². The Morgan fingerprint density at radius 2 is 1.66 bits per heavy atom. The molecule has 1 fully saturated rings. The summed E-state index contributed by atoms with van der Waals surface area (Å²) in [6.07, 6.45) is 0.838. The van der Waals surface area contributed by atoms with Crippen LogP contribution in [0, 0.1) is 0 Å². The molecule has 4 rings (SSSR count). The van der Waals surface area contributed by atoms with Gasteiger partial charge in [-0.25, -0.2) is 4.98 Å². The lowest BCUT2D eigenvalue weighted by molar-refractivity contribution is -0.134. The van der Waals surface area contributed by atoms with Crippen LogP contribution in [0.15, 0.2) is 66.0 Å². The quantitative estimate of drug-likeness (QED) is 0.599. The molecular weight excluding hydrogens is 378 g/mol. The Kier molecular flexibility index (Phi) is 6.37. The normalized spacial score (nSPS) is 16.0. The summed E-state index contributed by atoms with van der Waals surface area (Å²) in [7, 11) is 0. The molecule has 150 valence electrons. The molecule has 5 heteroatoms. The zero-order valence-electron chi connectivity index (χ0n) is 16.8. The van der Waals surface area contributed by atoms with Crippen molar-refractivity contribution < 1.29 is 4.79 Å². The van der Waals surface area contributed by atoms with Crippen LogP contribution in [-0.2, 0) is 11.3 Å². The Morgan fingerprint density at radius 3 is 2.31 bits per heavy atom. The average Bonchev–Trinajstić information content (AvgIpc) is 3.25. The van der Waals surface area contributed by atoms with E-state index in [1.165, 1.54) is 0 Å². The number of hydrogen-bond acceptors (Lipinski definition) is 4. The lowest BCUT2D eigenvalue weighted by Crippen LogP contribution is -2.49. The number of benzene rings is 2. The average molecular weight is 406 g/mol. The van der Waals surface area contributed by atoms with Crippen LogP contribution in [-0.4, -0.2) is 46.9 Å². The molecule has 4 nitrogen and oxygen atoms in total. The Hall–Kier alpha value is -2.50. The second-order valence-corrected chi connectivity index (χ2v) is 8.41. The van der Waals surface area contributed by atoms with E-state index >= 15 is 0 Å². The van der Waals surface area contributed by atoms with E-state index < -0.39 is 0 Å². The van der Waals surface area contributed by atoms with Crippen LogP contribution in [0.5, 0.6) is 0 Å². The van der Waals surface area contributed by atoms with Crippen molar-refractivity contribution in [1.82, 2.24) is 14.8 Å². The predicted molar refractivity (Wildman–Crippen MR) is 119 cm³/mol. The third-order valence-corrected chi connectivity index (χ3v) is 6.41. The number of hydrogen-bond donors (Lipinski definition) is 0. The maximum absolute atomic E-state index is 13.1. The van der Waals surface area contributed by atoms with Crippen LogP contribution in [0.25, 0.3) is 11.3 Å². The van der Waals surface area contributed by atoms with Crippen LogP contribution >= 0.6 is 11.3 Å². The molecule has 1 saturated heterocycles. The minimum Gasteiger partial charge on any atom is -0.340 e. The van der Waals surface area contributed by atoms with Crippen molar-refractivity contribution in [1.29, 1.82) is 0 Å². The van der Waals surface area contributed by atoms with Gasteiger partial charge in [0.25, 0.3) is 0 Å². The Labute approximate surface area is 176 Å². The molecule has 0 bridgehead atoms. The molecule has 1 aliphatic heterocycles. The molecule has 1 aromatic heterocycles. The summed E-state index contributed by atoms with van der Waals surface area (Å²) >= 11 is 1.72. The Balaban J connectivity index is 1.33. The molecule has 0 saturated carbocycles. The van der Waals surface area contributed by atoms with Gasteiger partial charge in [-0.15, -0.1) is 11.3 Å². The van der Waals surface area contributed by atoms with E-state index in [2.05, 4.69) is 41.5 Å². The third kappa shape index (κ3) is 4.74. The van der Waals surface area contributed by atoms with Crippen LogP contribution in [0.1, 0.15) is 29.8 Å². The van der Waals surface area contributed by atoms with Gasteiger partial charge >= 0.3 is 0 Å². The molecular formula is C24H27N3OS. The monoisotopic (exact) mass is 405 g/mol. The molecule has 0 radical (unpaired) electrons. The van der Waals surface area contributed by atoms with Crippen LogP contribution in [0.4, 0.5) is 0 Å². The summed E-state index contributed by atoms with van der Waals surface area (Å²) in [5.41, 5.74) is 3.34. The van der Waals surface area contributed by atoms with Gasteiger partial charge in [0.05, 0.1) is 18.2 Å². The standard InChI is InChI=1S/C24H27N3OS/c1-2-21(19-9-5-3-6-10-19)24(28)27-15-13-26(14-16-27)17-23-25-22(18-29-23)20-11-7-4-8-12-20/h3-12,18,21H,2,13-17H2,1H3/t21-/m1/s1. The van der Waals surface area contributed by atoms with E-state index in [1.807, 2.05) is 41.3 Å². The highest BCUT2D eigenvalue weighted by Crippen LogP contribution is 2.25. The number of carbonyl (C=O) groups excluding carboxylic acids is 1. The van der Waals surface area contributed by atoms with Gasteiger partial charge in [0, 0.05) is 37.1 Å². The van der Waals surface area contributed by atoms with Crippen molar-refractivity contribution >= 4 is 17.2 Å². The van der Waals surface area contributed by atoms with Gasteiger partial charge in [0.1, 0.15) is 5.01 Å². The van der Waals surface area contributed by atoms with E-state index in [1.54, 1.807) is 11.3 Å². The largest absolute Gasteiger partial charge is 0.340 e. The molecule has 0 spiro atoms. The topological polar surface area (TPSA) is 36.4 Å².